The summed E-state index contributed by atoms with van der Waals surface area (Å²) in [5.41, 5.74) is 1.42. The number of ether oxygens (including phenoxy) is 2. The monoisotopic (exact) mass is 370 g/mol. The number of oxazole rings is 1. The van der Waals surface area contributed by atoms with Gasteiger partial charge in [-0.2, -0.15) is 0 Å². The molecule has 0 aliphatic carbocycles. The van der Waals surface area contributed by atoms with Crippen molar-refractivity contribution in [3.05, 3.63) is 58.9 Å². The van der Waals surface area contributed by atoms with Crippen molar-refractivity contribution in [1.82, 2.24) is 4.98 Å². The highest BCUT2D eigenvalue weighted by Crippen LogP contribution is 2.38. The average molecular weight is 371 g/mol. The number of anilines is 1. The van der Waals surface area contributed by atoms with Crippen LogP contribution in [0, 0.1) is 6.92 Å². The van der Waals surface area contributed by atoms with E-state index < -0.39 is 5.91 Å². The number of rotatable bonds is 3. The lowest BCUT2D eigenvalue weighted by Gasteiger charge is -2.19. The number of amides is 1. The molecule has 0 spiro atoms. The van der Waals surface area contributed by atoms with Crippen LogP contribution in [0.15, 0.2) is 46.9 Å². The Morgan fingerprint density at radius 2 is 1.81 bits per heavy atom. The lowest BCUT2D eigenvalue weighted by molar-refractivity contribution is 0.102. The number of benzene rings is 2. The Bertz CT molecular complexity index is 969. The number of hydrogen-bond acceptors (Lipinski definition) is 5. The molecule has 0 radical (unpaired) electrons. The fourth-order valence-electron chi connectivity index (χ4n) is 2.65. The molecule has 0 fully saturated rings. The predicted molar refractivity (Wildman–Crippen MR) is 97.1 cm³/mol. The van der Waals surface area contributed by atoms with E-state index in [0.29, 0.717) is 47.1 Å². The standard InChI is InChI=1S/C19H15ClN2O4/c1-11-17(22-19(26-11)12-5-3-2-4-6-12)18(23)21-14-10-16-15(9-13(14)20)24-7-8-25-16/h2-6,9-10H,7-8H2,1H3,(H,21,23). The molecule has 1 aromatic heterocycles. The quantitative estimate of drug-likeness (QED) is 0.743. The molecule has 0 atom stereocenters. The van der Waals surface area contributed by atoms with Crippen LogP contribution in [0.1, 0.15) is 16.2 Å². The zero-order chi connectivity index (χ0) is 18.1. The van der Waals surface area contributed by atoms with Crippen molar-refractivity contribution in [1.29, 1.82) is 0 Å². The molecule has 4 rings (SSSR count). The van der Waals surface area contributed by atoms with Gasteiger partial charge in [0.25, 0.3) is 5.91 Å². The first-order valence-electron chi connectivity index (χ1n) is 8.05. The molecular formula is C19H15ClN2O4. The van der Waals surface area contributed by atoms with Crippen LogP contribution in [0.4, 0.5) is 5.69 Å². The van der Waals surface area contributed by atoms with Crippen LogP contribution >= 0.6 is 11.6 Å². The van der Waals surface area contributed by atoms with E-state index in [4.69, 9.17) is 25.5 Å². The van der Waals surface area contributed by atoms with Gasteiger partial charge >= 0.3 is 0 Å². The van der Waals surface area contributed by atoms with Crippen LogP contribution < -0.4 is 14.8 Å². The molecule has 1 amide bonds. The largest absolute Gasteiger partial charge is 0.486 e. The SMILES string of the molecule is Cc1oc(-c2ccccc2)nc1C(=O)Nc1cc2c(cc1Cl)OCCO2. The molecule has 132 valence electrons. The summed E-state index contributed by atoms with van der Waals surface area (Å²) in [6.45, 7) is 2.61. The molecule has 0 saturated heterocycles. The van der Waals surface area contributed by atoms with Crippen molar-refractivity contribution in [2.45, 2.75) is 6.92 Å². The van der Waals surface area contributed by atoms with Gasteiger partial charge in [-0.05, 0) is 19.1 Å². The van der Waals surface area contributed by atoms with E-state index >= 15 is 0 Å². The summed E-state index contributed by atoms with van der Waals surface area (Å²) in [7, 11) is 0. The van der Waals surface area contributed by atoms with Crippen molar-refractivity contribution < 1.29 is 18.7 Å². The number of nitrogens with one attached hydrogen (secondary N) is 1. The third-order valence-corrected chi connectivity index (χ3v) is 4.23. The minimum atomic E-state index is -0.410. The molecule has 2 aromatic carbocycles. The Hall–Kier alpha value is -2.99. The number of aromatic nitrogens is 1. The Labute approximate surface area is 154 Å². The molecule has 7 heteroatoms. The van der Waals surface area contributed by atoms with Crippen LogP contribution in [0.5, 0.6) is 11.5 Å². The Morgan fingerprint density at radius 1 is 1.12 bits per heavy atom. The van der Waals surface area contributed by atoms with Crippen molar-refractivity contribution in [3.8, 4) is 23.0 Å². The van der Waals surface area contributed by atoms with E-state index in [2.05, 4.69) is 10.3 Å². The van der Waals surface area contributed by atoms with E-state index in [0.717, 1.165) is 5.56 Å². The third kappa shape index (κ3) is 3.11. The number of fused-ring (bicyclic) bond motifs is 1. The smallest absolute Gasteiger partial charge is 0.277 e. The highest BCUT2D eigenvalue weighted by atomic mass is 35.5. The van der Waals surface area contributed by atoms with Crippen LogP contribution in [0.3, 0.4) is 0 Å². The lowest BCUT2D eigenvalue weighted by atomic mass is 10.2. The van der Waals surface area contributed by atoms with Gasteiger partial charge in [0.05, 0.1) is 10.7 Å². The maximum absolute atomic E-state index is 12.6. The number of nitrogens with zero attached hydrogens (tertiary/aromatic N) is 1. The summed E-state index contributed by atoms with van der Waals surface area (Å²) < 4.78 is 16.6. The molecule has 26 heavy (non-hydrogen) atoms. The topological polar surface area (TPSA) is 73.6 Å². The second-order valence-corrected chi connectivity index (χ2v) is 6.13. The maximum atomic E-state index is 12.6. The van der Waals surface area contributed by atoms with Gasteiger partial charge in [0.1, 0.15) is 19.0 Å². The minimum absolute atomic E-state index is 0.204. The van der Waals surface area contributed by atoms with E-state index in [1.807, 2.05) is 30.3 Å². The number of halogens is 1. The summed E-state index contributed by atoms with van der Waals surface area (Å²) >= 11 is 6.24. The lowest BCUT2D eigenvalue weighted by Crippen LogP contribution is -2.17. The average Bonchev–Trinajstić information content (AvgIpc) is 3.05. The second kappa shape index (κ2) is 6.72. The summed E-state index contributed by atoms with van der Waals surface area (Å²) in [4.78, 5) is 17.0. The zero-order valence-electron chi connectivity index (χ0n) is 13.9. The molecule has 6 nitrogen and oxygen atoms in total. The van der Waals surface area contributed by atoms with Gasteiger partial charge in [0.2, 0.25) is 5.89 Å². The Kier molecular flexibility index (Phi) is 4.26. The third-order valence-electron chi connectivity index (χ3n) is 3.91. The van der Waals surface area contributed by atoms with Crippen LogP contribution in [-0.2, 0) is 0 Å². The number of aryl methyl sites for hydroxylation is 1. The zero-order valence-corrected chi connectivity index (χ0v) is 14.7. The van der Waals surface area contributed by atoms with Crippen molar-refractivity contribution in [3.63, 3.8) is 0 Å². The van der Waals surface area contributed by atoms with E-state index in [-0.39, 0.29) is 5.69 Å². The van der Waals surface area contributed by atoms with Gasteiger partial charge in [0.15, 0.2) is 17.2 Å². The summed E-state index contributed by atoms with van der Waals surface area (Å²) in [6, 6.07) is 12.7. The molecule has 0 unspecified atom stereocenters. The summed E-state index contributed by atoms with van der Waals surface area (Å²) in [5, 5.41) is 3.11. The van der Waals surface area contributed by atoms with Crippen molar-refractivity contribution >= 4 is 23.2 Å². The summed E-state index contributed by atoms with van der Waals surface area (Å²) in [5.74, 6) is 1.50. The first-order valence-corrected chi connectivity index (χ1v) is 8.43. The van der Waals surface area contributed by atoms with Gasteiger partial charge < -0.3 is 19.2 Å². The van der Waals surface area contributed by atoms with Gasteiger partial charge in [-0.3, -0.25) is 4.79 Å². The first-order chi connectivity index (χ1) is 12.6. The molecule has 2 heterocycles. The van der Waals surface area contributed by atoms with Gasteiger partial charge in [0, 0.05) is 17.7 Å². The maximum Gasteiger partial charge on any atom is 0.277 e. The molecule has 0 bridgehead atoms. The van der Waals surface area contributed by atoms with Gasteiger partial charge in [-0.15, -0.1) is 0 Å². The van der Waals surface area contributed by atoms with Gasteiger partial charge in [-0.25, -0.2) is 4.98 Å². The van der Waals surface area contributed by atoms with E-state index in [9.17, 15) is 4.79 Å². The van der Waals surface area contributed by atoms with Crippen LogP contribution in [-0.4, -0.2) is 24.1 Å². The fraction of sp³-hybridized carbons (Fsp3) is 0.158. The second-order valence-electron chi connectivity index (χ2n) is 5.72. The predicted octanol–water partition coefficient (Wildman–Crippen LogP) is 4.33. The number of hydrogen-bond donors (Lipinski definition) is 1. The van der Waals surface area contributed by atoms with E-state index in [1.54, 1.807) is 19.1 Å². The molecule has 0 saturated carbocycles. The van der Waals surface area contributed by atoms with Crippen LogP contribution in [0.25, 0.3) is 11.5 Å². The molecule has 1 N–H and O–H groups in total. The fourth-order valence-corrected chi connectivity index (χ4v) is 2.85. The Morgan fingerprint density at radius 3 is 2.54 bits per heavy atom. The highest BCUT2D eigenvalue weighted by molar-refractivity contribution is 6.34. The molecule has 1 aliphatic rings. The van der Waals surface area contributed by atoms with E-state index in [1.165, 1.54) is 0 Å². The highest BCUT2D eigenvalue weighted by Gasteiger charge is 2.21. The first kappa shape index (κ1) is 16.5. The summed E-state index contributed by atoms with van der Waals surface area (Å²) in [6.07, 6.45) is 0. The van der Waals surface area contributed by atoms with Crippen molar-refractivity contribution in [2.24, 2.45) is 0 Å². The molecular weight excluding hydrogens is 356 g/mol. The van der Waals surface area contributed by atoms with Crippen molar-refractivity contribution in [2.75, 3.05) is 18.5 Å². The molecule has 1 aliphatic heterocycles. The Balaban J connectivity index is 1.60. The van der Waals surface area contributed by atoms with Crippen LogP contribution in [0.2, 0.25) is 5.02 Å². The number of carbonyl (C=O) groups excluding carboxylic acids is 1. The number of carbonyl (C=O) groups is 1. The molecule has 3 aromatic rings. The minimum Gasteiger partial charge on any atom is -0.486 e. The van der Waals surface area contributed by atoms with Gasteiger partial charge in [-0.1, -0.05) is 29.8 Å². The normalized spacial score (nSPS) is 12.7.